The zero-order chi connectivity index (χ0) is 13.2. The van der Waals surface area contributed by atoms with Gasteiger partial charge >= 0.3 is 0 Å². The van der Waals surface area contributed by atoms with Crippen molar-refractivity contribution in [2.45, 2.75) is 43.9 Å². The summed E-state index contributed by atoms with van der Waals surface area (Å²) >= 11 is 3.75. The van der Waals surface area contributed by atoms with Crippen LogP contribution in [0.2, 0.25) is 0 Å². The summed E-state index contributed by atoms with van der Waals surface area (Å²) in [7, 11) is 0. The summed E-state index contributed by atoms with van der Waals surface area (Å²) in [6.45, 7) is 2.11. The molecular formula is C14H19N3S2. The van der Waals surface area contributed by atoms with E-state index in [0.717, 1.165) is 16.6 Å². The Hall–Kier alpha value is -0.810. The van der Waals surface area contributed by atoms with Crippen molar-refractivity contribution >= 4 is 39.1 Å². The van der Waals surface area contributed by atoms with E-state index in [1.165, 1.54) is 35.9 Å². The second-order valence-electron chi connectivity index (χ2n) is 5.17. The monoisotopic (exact) mass is 293 g/mol. The first-order valence-electron chi connectivity index (χ1n) is 6.76. The molecule has 2 heterocycles. The lowest BCUT2D eigenvalue weighted by Crippen LogP contribution is -2.27. The molecule has 5 heteroatoms. The van der Waals surface area contributed by atoms with Crippen LogP contribution in [0.25, 0.3) is 10.2 Å². The van der Waals surface area contributed by atoms with Crippen LogP contribution in [0.5, 0.6) is 0 Å². The summed E-state index contributed by atoms with van der Waals surface area (Å²) in [6.07, 6.45) is 9.04. The Bertz CT molecular complexity index is 559. The third-order valence-corrected chi connectivity index (χ3v) is 6.11. The third kappa shape index (κ3) is 2.72. The van der Waals surface area contributed by atoms with E-state index in [9.17, 15) is 0 Å². The normalized spacial score (nSPS) is 23.7. The highest BCUT2D eigenvalue weighted by molar-refractivity contribution is 7.99. The first kappa shape index (κ1) is 13.2. The van der Waals surface area contributed by atoms with Gasteiger partial charge in [-0.2, -0.15) is 11.8 Å². The van der Waals surface area contributed by atoms with E-state index in [-0.39, 0.29) is 0 Å². The Morgan fingerprint density at radius 3 is 2.79 bits per heavy atom. The van der Waals surface area contributed by atoms with E-state index in [0.29, 0.717) is 6.04 Å². The van der Waals surface area contributed by atoms with Crippen LogP contribution in [0, 0.1) is 6.92 Å². The van der Waals surface area contributed by atoms with Crippen molar-refractivity contribution < 1.29 is 0 Å². The summed E-state index contributed by atoms with van der Waals surface area (Å²) in [4.78, 5) is 8.81. The fraction of sp³-hybridized carbons (Fsp3) is 0.571. The minimum absolute atomic E-state index is 0.573. The zero-order valence-corrected chi connectivity index (χ0v) is 13.0. The summed E-state index contributed by atoms with van der Waals surface area (Å²) in [6, 6.07) is 0.573. The maximum absolute atomic E-state index is 4.44. The fourth-order valence-corrected chi connectivity index (χ4v) is 4.41. The Morgan fingerprint density at radius 1 is 1.26 bits per heavy atom. The van der Waals surface area contributed by atoms with Gasteiger partial charge in [0.05, 0.1) is 10.2 Å². The maximum atomic E-state index is 4.44. The molecule has 1 aliphatic rings. The van der Waals surface area contributed by atoms with Gasteiger partial charge in [0, 0.05) is 11.3 Å². The van der Waals surface area contributed by atoms with Crippen LogP contribution in [0.4, 0.5) is 5.82 Å². The Balaban J connectivity index is 1.75. The molecule has 1 fully saturated rings. The van der Waals surface area contributed by atoms with Gasteiger partial charge in [-0.1, -0.05) is 0 Å². The number of hydrogen-bond acceptors (Lipinski definition) is 5. The summed E-state index contributed by atoms with van der Waals surface area (Å²) in [5.74, 6) is 1.02. The highest BCUT2D eigenvalue weighted by Crippen LogP contribution is 2.32. The molecule has 0 amide bonds. The van der Waals surface area contributed by atoms with Crippen LogP contribution in [0.15, 0.2) is 11.7 Å². The van der Waals surface area contributed by atoms with Crippen molar-refractivity contribution in [3.05, 3.63) is 17.3 Å². The average molecular weight is 293 g/mol. The minimum atomic E-state index is 0.573. The molecule has 0 saturated heterocycles. The zero-order valence-electron chi connectivity index (χ0n) is 11.3. The molecule has 0 spiro atoms. The van der Waals surface area contributed by atoms with E-state index < -0.39 is 0 Å². The molecule has 0 bridgehead atoms. The molecule has 1 saturated carbocycles. The van der Waals surface area contributed by atoms with E-state index >= 15 is 0 Å². The Morgan fingerprint density at radius 2 is 2.05 bits per heavy atom. The topological polar surface area (TPSA) is 37.8 Å². The lowest BCUT2D eigenvalue weighted by molar-refractivity contribution is 0.472. The van der Waals surface area contributed by atoms with Crippen LogP contribution in [-0.2, 0) is 0 Å². The van der Waals surface area contributed by atoms with Gasteiger partial charge < -0.3 is 5.32 Å². The number of aryl methyl sites for hydroxylation is 1. The molecule has 3 nitrogen and oxygen atoms in total. The van der Waals surface area contributed by atoms with Gasteiger partial charge in [-0.05, 0) is 49.8 Å². The molecular weight excluding hydrogens is 274 g/mol. The number of hydrogen-bond donors (Lipinski definition) is 1. The molecule has 0 unspecified atom stereocenters. The molecule has 19 heavy (non-hydrogen) atoms. The number of rotatable bonds is 3. The van der Waals surface area contributed by atoms with Crippen molar-refractivity contribution in [3.63, 3.8) is 0 Å². The van der Waals surface area contributed by atoms with Crippen molar-refractivity contribution in [2.75, 3.05) is 11.6 Å². The number of nitrogens with one attached hydrogen (secondary N) is 1. The standard InChI is InChI=1S/C14H19N3S2/c1-9-7-19-13-12(9)15-8-16-14(13)17-10-3-5-11(18-2)6-4-10/h7-8,10-11H,3-6H2,1-2H3,(H,15,16,17). The molecule has 3 rings (SSSR count). The first-order chi connectivity index (χ1) is 9.28. The van der Waals surface area contributed by atoms with Crippen LogP contribution in [0.1, 0.15) is 31.2 Å². The van der Waals surface area contributed by atoms with Crippen molar-refractivity contribution in [1.29, 1.82) is 0 Å². The lowest BCUT2D eigenvalue weighted by atomic mass is 9.95. The molecule has 2 aromatic heterocycles. The smallest absolute Gasteiger partial charge is 0.147 e. The first-order valence-corrected chi connectivity index (χ1v) is 8.93. The molecule has 2 aromatic rings. The van der Waals surface area contributed by atoms with E-state index in [1.54, 1.807) is 17.7 Å². The number of aromatic nitrogens is 2. The van der Waals surface area contributed by atoms with Gasteiger partial charge in [-0.3, -0.25) is 0 Å². The van der Waals surface area contributed by atoms with Crippen molar-refractivity contribution in [2.24, 2.45) is 0 Å². The SMILES string of the molecule is CSC1CCC(Nc2ncnc3c(C)csc23)CC1. The molecule has 102 valence electrons. The number of anilines is 1. The van der Waals surface area contributed by atoms with Gasteiger partial charge in [0.1, 0.15) is 12.1 Å². The van der Waals surface area contributed by atoms with Crippen molar-refractivity contribution in [1.82, 2.24) is 9.97 Å². The van der Waals surface area contributed by atoms with E-state index in [4.69, 9.17) is 0 Å². The Kier molecular flexibility index (Phi) is 3.93. The third-order valence-electron chi connectivity index (χ3n) is 3.88. The molecule has 1 aliphatic carbocycles. The predicted octanol–water partition coefficient (Wildman–Crippen LogP) is 4.09. The number of nitrogens with zero attached hydrogens (tertiary/aromatic N) is 2. The van der Waals surface area contributed by atoms with Gasteiger partial charge in [-0.25, -0.2) is 9.97 Å². The molecule has 0 radical (unpaired) electrons. The van der Waals surface area contributed by atoms with Gasteiger partial charge in [0.25, 0.3) is 0 Å². The van der Waals surface area contributed by atoms with Gasteiger partial charge in [0.2, 0.25) is 0 Å². The van der Waals surface area contributed by atoms with Crippen LogP contribution < -0.4 is 5.32 Å². The lowest BCUT2D eigenvalue weighted by Gasteiger charge is -2.28. The largest absolute Gasteiger partial charge is 0.366 e. The summed E-state index contributed by atoms with van der Waals surface area (Å²) in [5.41, 5.74) is 2.34. The van der Waals surface area contributed by atoms with Crippen LogP contribution in [0.3, 0.4) is 0 Å². The predicted molar refractivity (Wildman–Crippen MR) is 85.3 cm³/mol. The number of thioether (sulfide) groups is 1. The van der Waals surface area contributed by atoms with Gasteiger partial charge in [-0.15, -0.1) is 11.3 Å². The fourth-order valence-electron chi connectivity index (χ4n) is 2.71. The maximum Gasteiger partial charge on any atom is 0.147 e. The number of thiophene rings is 1. The van der Waals surface area contributed by atoms with Gasteiger partial charge in [0.15, 0.2) is 0 Å². The summed E-state index contributed by atoms with van der Waals surface area (Å²) in [5, 5.41) is 6.65. The van der Waals surface area contributed by atoms with E-state index in [2.05, 4.69) is 33.8 Å². The number of fused-ring (bicyclic) bond motifs is 1. The molecule has 0 aliphatic heterocycles. The van der Waals surface area contributed by atoms with Crippen LogP contribution >= 0.6 is 23.1 Å². The van der Waals surface area contributed by atoms with Crippen molar-refractivity contribution in [3.8, 4) is 0 Å². The minimum Gasteiger partial charge on any atom is -0.366 e. The molecule has 0 aromatic carbocycles. The average Bonchev–Trinajstić information content (AvgIpc) is 2.83. The van der Waals surface area contributed by atoms with E-state index in [1.807, 2.05) is 11.8 Å². The second kappa shape index (κ2) is 5.67. The summed E-state index contributed by atoms with van der Waals surface area (Å²) < 4.78 is 1.20. The second-order valence-corrected chi connectivity index (χ2v) is 7.19. The highest BCUT2D eigenvalue weighted by atomic mass is 32.2. The van der Waals surface area contributed by atoms with Crippen LogP contribution in [-0.4, -0.2) is 27.5 Å². The quantitative estimate of drug-likeness (QED) is 0.925. The Labute approximate surface area is 122 Å². The highest BCUT2D eigenvalue weighted by Gasteiger charge is 2.21. The molecule has 1 N–H and O–H groups in total. The molecule has 0 atom stereocenters.